The summed E-state index contributed by atoms with van der Waals surface area (Å²) in [6.45, 7) is 10.9. The molecular weight excluding hydrogens is 256 g/mol. The Balaban J connectivity index is 2.53. The molecule has 3 N–H and O–H groups in total. The van der Waals surface area contributed by atoms with Gasteiger partial charge >= 0.3 is 6.03 Å². The Bertz CT molecular complexity index is 454. The van der Waals surface area contributed by atoms with Crippen molar-refractivity contribution < 1.29 is 9.90 Å². The molecule has 0 aliphatic heterocycles. The van der Waals surface area contributed by atoms with Crippen LogP contribution < -0.4 is 10.6 Å². The van der Waals surface area contributed by atoms with Gasteiger partial charge in [-0.3, -0.25) is 4.68 Å². The van der Waals surface area contributed by atoms with Gasteiger partial charge in [0.25, 0.3) is 0 Å². The van der Waals surface area contributed by atoms with Gasteiger partial charge in [0.05, 0.1) is 23.2 Å². The van der Waals surface area contributed by atoms with E-state index in [1.807, 2.05) is 39.3 Å². The molecule has 1 heterocycles. The van der Waals surface area contributed by atoms with Crippen LogP contribution in [0.15, 0.2) is 0 Å². The highest BCUT2D eigenvalue weighted by Gasteiger charge is 2.14. The van der Waals surface area contributed by atoms with Crippen molar-refractivity contribution in [1.29, 1.82) is 0 Å². The lowest BCUT2D eigenvalue weighted by molar-refractivity contribution is 0.148. The number of hydrogen-bond donors (Lipinski definition) is 3. The largest absolute Gasteiger partial charge is 0.391 e. The molecule has 1 atom stereocenters. The molecule has 1 aromatic heterocycles. The predicted molar refractivity (Wildman–Crippen MR) is 79.9 cm³/mol. The van der Waals surface area contributed by atoms with Crippen molar-refractivity contribution in [1.82, 2.24) is 15.1 Å². The minimum absolute atomic E-state index is 0.254. The fourth-order valence-electron chi connectivity index (χ4n) is 2.18. The van der Waals surface area contributed by atoms with E-state index in [4.69, 9.17) is 0 Å². The van der Waals surface area contributed by atoms with Gasteiger partial charge in [-0.25, -0.2) is 4.79 Å². The van der Waals surface area contributed by atoms with E-state index in [0.29, 0.717) is 12.3 Å². The van der Waals surface area contributed by atoms with Crippen LogP contribution in [0.25, 0.3) is 0 Å². The first-order chi connectivity index (χ1) is 9.35. The number of nitrogens with one attached hydrogen (secondary N) is 2. The highest BCUT2D eigenvalue weighted by molar-refractivity contribution is 5.90. The van der Waals surface area contributed by atoms with Gasteiger partial charge in [0.15, 0.2) is 0 Å². The molecule has 6 nitrogen and oxygen atoms in total. The van der Waals surface area contributed by atoms with E-state index in [1.165, 1.54) is 0 Å². The van der Waals surface area contributed by atoms with Crippen LogP contribution in [0.3, 0.4) is 0 Å². The molecule has 114 valence electrons. The molecule has 1 rings (SSSR count). The van der Waals surface area contributed by atoms with Gasteiger partial charge in [0.2, 0.25) is 0 Å². The van der Waals surface area contributed by atoms with Crippen molar-refractivity contribution in [2.45, 2.75) is 53.7 Å². The van der Waals surface area contributed by atoms with Crippen LogP contribution in [0.1, 0.15) is 38.6 Å². The number of carbonyl (C=O) groups excluding carboxylic acids is 1. The fourth-order valence-corrected chi connectivity index (χ4v) is 2.18. The highest BCUT2D eigenvalue weighted by Crippen LogP contribution is 2.18. The molecular formula is C14H26N4O2. The Morgan fingerprint density at radius 1 is 1.40 bits per heavy atom. The number of carbonyl (C=O) groups is 1. The molecule has 0 aliphatic carbocycles. The van der Waals surface area contributed by atoms with Crippen molar-refractivity contribution in [3.8, 4) is 0 Å². The normalized spacial score (nSPS) is 12.6. The van der Waals surface area contributed by atoms with Crippen LogP contribution in [0, 0.1) is 19.8 Å². The van der Waals surface area contributed by atoms with Gasteiger partial charge in [-0.05, 0) is 33.1 Å². The van der Waals surface area contributed by atoms with Crippen molar-refractivity contribution in [2.75, 3.05) is 11.9 Å². The van der Waals surface area contributed by atoms with Crippen molar-refractivity contribution in [2.24, 2.45) is 5.92 Å². The summed E-state index contributed by atoms with van der Waals surface area (Å²) < 4.78 is 1.85. The summed E-state index contributed by atoms with van der Waals surface area (Å²) in [4.78, 5) is 11.8. The number of anilines is 1. The zero-order chi connectivity index (χ0) is 15.3. The number of amides is 2. The third-order valence-corrected chi connectivity index (χ3v) is 3.16. The first kappa shape index (κ1) is 16.5. The minimum atomic E-state index is -0.513. The number of aryl methyl sites for hydroxylation is 2. The van der Waals surface area contributed by atoms with Crippen molar-refractivity contribution in [3.63, 3.8) is 0 Å². The smallest absolute Gasteiger partial charge is 0.319 e. The zero-order valence-corrected chi connectivity index (χ0v) is 13.0. The van der Waals surface area contributed by atoms with E-state index in [-0.39, 0.29) is 12.6 Å². The molecule has 0 bridgehead atoms. The average Bonchev–Trinajstić information content (AvgIpc) is 2.63. The summed E-state index contributed by atoms with van der Waals surface area (Å²) in [6.07, 6.45) is 0.160. The molecule has 0 aromatic carbocycles. The molecule has 1 unspecified atom stereocenters. The maximum Gasteiger partial charge on any atom is 0.319 e. The topological polar surface area (TPSA) is 79.2 Å². The molecule has 0 aliphatic rings. The van der Waals surface area contributed by atoms with Gasteiger partial charge in [-0.1, -0.05) is 13.8 Å². The second-order valence-corrected chi connectivity index (χ2v) is 5.48. The Hall–Kier alpha value is -1.56. The molecule has 0 saturated carbocycles. The summed E-state index contributed by atoms with van der Waals surface area (Å²) in [5, 5.41) is 19.5. The second-order valence-electron chi connectivity index (χ2n) is 5.48. The molecule has 6 heteroatoms. The van der Waals surface area contributed by atoms with E-state index >= 15 is 0 Å². The molecule has 0 fully saturated rings. The predicted octanol–water partition coefficient (Wildman–Crippen LogP) is 2.05. The van der Waals surface area contributed by atoms with E-state index in [0.717, 1.165) is 23.6 Å². The molecule has 1 aromatic rings. The van der Waals surface area contributed by atoms with Crippen molar-refractivity contribution in [3.05, 3.63) is 11.4 Å². The van der Waals surface area contributed by atoms with Gasteiger partial charge in [0.1, 0.15) is 0 Å². The Kier molecular flexibility index (Phi) is 6.01. The standard InChI is InChI=1S/C14H26N4O2/c1-6-18-11(5)13(10(4)17-18)16-14(20)15-8-12(19)7-9(2)3/h9,12,19H,6-8H2,1-5H3,(H2,15,16,20). The molecule has 0 radical (unpaired) electrons. The average molecular weight is 282 g/mol. The number of aliphatic hydroxyl groups is 1. The number of hydrogen-bond acceptors (Lipinski definition) is 3. The quantitative estimate of drug-likeness (QED) is 0.747. The zero-order valence-electron chi connectivity index (χ0n) is 13.0. The second kappa shape index (κ2) is 7.28. The summed E-state index contributed by atoms with van der Waals surface area (Å²) in [7, 11) is 0. The van der Waals surface area contributed by atoms with Crippen LogP contribution in [0.5, 0.6) is 0 Å². The van der Waals surface area contributed by atoms with Gasteiger partial charge < -0.3 is 15.7 Å². The maximum atomic E-state index is 11.8. The molecule has 0 saturated heterocycles. The molecule has 2 amide bonds. The number of rotatable bonds is 6. The van der Waals surface area contributed by atoms with Crippen LogP contribution in [0.2, 0.25) is 0 Å². The first-order valence-corrected chi connectivity index (χ1v) is 7.12. The lowest BCUT2D eigenvalue weighted by atomic mass is 10.1. The fraction of sp³-hybridized carbons (Fsp3) is 0.714. The van der Waals surface area contributed by atoms with Crippen molar-refractivity contribution >= 4 is 11.7 Å². The third kappa shape index (κ3) is 4.52. The van der Waals surface area contributed by atoms with E-state index < -0.39 is 6.10 Å². The van der Waals surface area contributed by atoms with Crippen LogP contribution in [-0.2, 0) is 6.54 Å². The number of urea groups is 1. The van der Waals surface area contributed by atoms with E-state index in [2.05, 4.69) is 15.7 Å². The molecule has 20 heavy (non-hydrogen) atoms. The Morgan fingerprint density at radius 2 is 2.05 bits per heavy atom. The number of aromatic nitrogens is 2. The number of nitrogens with zero attached hydrogens (tertiary/aromatic N) is 2. The van der Waals surface area contributed by atoms with Gasteiger partial charge in [0, 0.05) is 13.1 Å². The Labute approximate surface area is 120 Å². The minimum Gasteiger partial charge on any atom is -0.391 e. The van der Waals surface area contributed by atoms with Crippen LogP contribution in [-0.4, -0.2) is 33.6 Å². The summed E-state index contributed by atoms with van der Waals surface area (Å²) in [6, 6.07) is -0.311. The SMILES string of the molecule is CCn1nc(C)c(NC(=O)NCC(O)CC(C)C)c1C. The Morgan fingerprint density at radius 3 is 2.55 bits per heavy atom. The highest BCUT2D eigenvalue weighted by atomic mass is 16.3. The maximum absolute atomic E-state index is 11.8. The monoisotopic (exact) mass is 282 g/mol. The summed E-state index contributed by atoms with van der Waals surface area (Å²) >= 11 is 0. The summed E-state index contributed by atoms with van der Waals surface area (Å²) in [5.74, 6) is 0.405. The molecule has 0 spiro atoms. The third-order valence-electron chi connectivity index (χ3n) is 3.16. The van der Waals surface area contributed by atoms with E-state index in [9.17, 15) is 9.90 Å². The van der Waals surface area contributed by atoms with E-state index in [1.54, 1.807) is 0 Å². The lowest BCUT2D eigenvalue weighted by Gasteiger charge is -2.14. The van der Waals surface area contributed by atoms with Crippen LogP contribution in [0.4, 0.5) is 10.5 Å². The summed E-state index contributed by atoms with van der Waals surface area (Å²) in [5.41, 5.74) is 2.47. The number of aliphatic hydroxyl groups excluding tert-OH is 1. The van der Waals surface area contributed by atoms with Crippen LogP contribution >= 0.6 is 0 Å². The van der Waals surface area contributed by atoms with Gasteiger partial charge in [-0.15, -0.1) is 0 Å². The van der Waals surface area contributed by atoms with Gasteiger partial charge in [-0.2, -0.15) is 5.10 Å². The lowest BCUT2D eigenvalue weighted by Crippen LogP contribution is -2.36. The first-order valence-electron chi connectivity index (χ1n) is 7.12.